The Morgan fingerprint density at radius 1 is 1.29 bits per heavy atom. The maximum absolute atomic E-state index is 12.6. The van der Waals surface area contributed by atoms with Crippen LogP contribution in [0.15, 0.2) is 24.5 Å². The normalized spacial score (nSPS) is 19.4. The summed E-state index contributed by atoms with van der Waals surface area (Å²) in [5.41, 5.74) is 0.694. The van der Waals surface area contributed by atoms with Crippen molar-refractivity contribution in [3.63, 3.8) is 0 Å². The Bertz CT molecular complexity index is 776. The Hall–Kier alpha value is -3.10. The lowest BCUT2D eigenvalue weighted by Crippen LogP contribution is -2.33. The molecule has 9 heteroatoms. The summed E-state index contributed by atoms with van der Waals surface area (Å²) < 4.78 is 11.0. The minimum atomic E-state index is -0.747. The van der Waals surface area contributed by atoms with E-state index in [0.29, 0.717) is 43.4 Å². The number of H-pyrrole nitrogens is 1. The van der Waals surface area contributed by atoms with Crippen LogP contribution in [0.5, 0.6) is 11.5 Å². The molecule has 3 heterocycles. The van der Waals surface area contributed by atoms with Gasteiger partial charge in [0.05, 0.1) is 0 Å². The SMILES string of the molecule is O=C(Nc1ncn[nH]1)C1CCN(c2ccc3c(c2)OCCO3)C1=O. The predicted molar refractivity (Wildman–Crippen MR) is 82.9 cm³/mol. The van der Waals surface area contributed by atoms with Gasteiger partial charge in [0.1, 0.15) is 25.5 Å². The number of aromatic amines is 1. The first-order chi connectivity index (χ1) is 11.7. The molecular formula is C15H15N5O4. The smallest absolute Gasteiger partial charge is 0.239 e. The van der Waals surface area contributed by atoms with Crippen LogP contribution in [-0.4, -0.2) is 46.8 Å². The van der Waals surface area contributed by atoms with Crippen molar-refractivity contribution in [2.24, 2.45) is 5.92 Å². The van der Waals surface area contributed by atoms with Crippen molar-refractivity contribution in [1.82, 2.24) is 15.2 Å². The molecule has 1 aromatic heterocycles. The molecule has 1 atom stereocenters. The van der Waals surface area contributed by atoms with E-state index in [1.165, 1.54) is 6.33 Å². The summed E-state index contributed by atoms with van der Waals surface area (Å²) in [5.74, 6) is 0.117. The van der Waals surface area contributed by atoms with Gasteiger partial charge in [-0.2, -0.15) is 10.1 Å². The third-order valence-corrected chi connectivity index (χ3v) is 4.02. The fourth-order valence-corrected chi connectivity index (χ4v) is 2.85. The molecule has 1 aromatic carbocycles. The fourth-order valence-electron chi connectivity index (χ4n) is 2.85. The summed E-state index contributed by atoms with van der Waals surface area (Å²) in [7, 11) is 0. The lowest BCUT2D eigenvalue weighted by atomic mass is 10.1. The van der Waals surface area contributed by atoms with Gasteiger partial charge < -0.3 is 14.4 Å². The van der Waals surface area contributed by atoms with Crippen molar-refractivity contribution >= 4 is 23.5 Å². The standard InChI is InChI=1S/C15H15N5O4/c21-13(18-15-16-8-17-19-15)10-3-4-20(14(10)22)9-1-2-11-12(7-9)24-6-5-23-11/h1-2,7-8,10H,3-6H2,(H2,16,17,18,19,21). The van der Waals surface area contributed by atoms with E-state index in [2.05, 4.69) is 20.5 Å². The van der Waals surface area contributed by atoms with E-state index in [1.54, 1.807) is 23.1 Å². The molecule has 0 radical (unpaired) electrons. The number of amides is 2. The average molecular weight is 329 g/mol. The Balaban J connectivity index is 1.50. The molecular weight excluding hydrogens is 314 g/mol. The largest absolute Gasteiger partial charge is 0.486 e. The summed E-state index contributed by atoms with van der Waals surface area (Å²) in [5, 5.41) is 8.74. The van der Waals surface area contributed by atoms with Crippen LogP contribution in [0.2, 0.25) is 0 Å². The van der Waals surface area contributed by atoms with Gasteiger partial charge in [0.15, 0.2) is 11.5 Å². The quantitative estimate of drug-likeness (QED) is 0.797. The molecule has 124 valence electrons. The van der Waals surface area contributed by atoms with Gasteiger partial charge in [0, 0.05) is 18.3 Å². The lowest BCUT2D eigenvalue weighted by Gasteiger charge is -2.22. The van der Waals surface area contributed by atoms with Gasteiger partial charge >= 0.3 is 0 Å². The molecule has 2 aromatic rings. The van der Waals surface area contributed by atoms with E-state index in [0.717, 1.165) is 0 Å². The van der Waals surface area contributed by atoms with Gasteiger partial charge in [0.25, 0.3) is 0 Å². The molecule has 2 aliphatic rings. The van der Waals surface area contributed by atoms with Crippen LogP contribution in [0.1, 0.15) is 6.42 Å². The number of ether oxygens (including phenoxy) is 2. The Kier molecular flexibility index (Phi) is 3.52. The van der Waals surface area contributed by atoms with Crippen molar-refractivity contribution in [3.8, 4) is 11.5 Å². The Labute approximate surface area is 137 Å². The second-order valence-electron chi connectivity index (χ2n) is 5.48. The molecule has 0 spiro atoms. The first-order valence-corrected chi connectivity index (χ1v) is 7.59. The van der Waals surface area contributed by atoms with Crippen LogP contribution in [0.4, 0.5) is 11.6 Å². The predicted octanol–water partition coefficient (Wildman–Crippen LogP) is 0.567. The van der Waals surface area contributed by atoms with Crippen LogP contribution in [0, 0.1) is 5.92 Å². The number of aromatic nitrogens is 3. The second kappa shape index (κ2) is 5.84. The third kappa shape index (κ3) is 2.53. The van der Waals surface area contributed by atoms with Crippen molar-refractivity contribution in [2.45, 2.75) is 6.42 Å². The van der Waals surface area contributed by atoms with Crippen molar-refractivity contribution < 1.29 is 19.1 Å². The van der Waals surface area contributed by atoms with Gasteiger partial charge in [-0.05, 0) is 18.6 Å². The van der Waals surface area contributed by atoms with Gasteiger partial charge in [-0.3, -0.25) is 14.9 Å². The van der Waals surface area contributed by atoms with E-state index in [9.17, 15) is 9.59 Å². The Morgan fingerprint density at radius 3 is 2.92 bits per heavy atom. The molecule has 2 amide bonds. The number of nitrogens with one attached hydrogen (secondary N) is 2. The van der Waals surface area contributed by atoms with E-state index < -0.39 is 11.8 Å². The fraction of sp³-hybridized carbons (Fsp3) is 0.333. The zero-order valence-electron chi connectivity index (χ0n) is 12.7. The monoisotopic (exact) mass is 329 g/mol. The number of fused-ring (bicyclic) bond motifs is 1. The van der Waals surface area contributed by atoms with Gasteiger partial charge in [0.2, 0.25) is 17.8 Å². The van der Waals surface area contributed by atoms with Gasteiger partial charge in [-0.15, -0.1) is 0 Å². The summed E-state index contributed by atoms with van der Waals surface area (Å²) >= 11 is 0. The summed E-state index contributed by atoms with van der Waals surface area (Å²) in [4.78, 5) is 30.2. The molecule has 1 unspecified atom stereocenters. The average Bonchev–Trinajstić information content (AvgIpc) is 3.24. The first kappa shape index (κ1) is 14.5. The zero-order valence-corrected chi connectivity index (χ0v) is 12.7. The number of carbonyl (C=O) groups is 2. The summed E-state index contributed by atoms with van der Waals surface area (Å²) in [6, 6.07) is 5.34. The molecule has 1 fully saturated rings. The lowest BCUT2D eigenvalue weighted by molar-refractivity contribution is -0.129. The number of rotatable bonds is 3. The highest BCUT2D eigenvalue weighted by Crippen LogP contribution is 2.36. The van der Waals surface area contributed by atoms with Crippen LogP contribution >= 0.6 is 0 Å². The van der Waals surface area contributed by atoms with Crippen LogP contribution < -0.4 is 19.7 Å². The summed E-state index contributed by atoms with van der Waals surface area (Å²) in [6.07, 6.45) is 1.72. The second-order valence-corrected chi connectivity index (χ2v) is 5.48. The topological polar surface area (TPSA) is 109 Å². The highest BCUT2D eigenvalue weighted by atomic mass is 16.6. The van der Waals surface area contributed by atoms with Gasteiger partial charge in [-0.25, -0.2) is 5.10 Å². The van der Waals surface area contributed by atoms with Gasteiger partial charge in [-0.1, -0.05) is 0 Å². The number of hydrogen-bond acceptors (Lipinski definition) is 6. The van der Waals surface area contributed by atoms with Crippen molar-refractivity contribution in [2.75, 3.05) is 30.0 Å². The van der Waals surface area contributed by atoms with Crippen LogP contribution in [0.25, 0.3) is 0 Å². The minimum absolute atomic E-state index is 0.227. The van der Waals surface area contributed by atoms with Crippen molar-refractivity contribution in [1.29, 1.82) is 0 Å². The van der Waals surface area contributed by atoms with E-state index in [4.69, 9.17) is 9.47 Å². The highest BCUT2D eigenvalue weighted by Gasteiger charge is 2.38. The summed E-state index contributed by atoms with van der Waals surface area (Å²) in [6.45, 7) is 1.46. The molecule has 0 saturated carbocycles. The van der Waals surface area contributed by atoms with E-state index >= 15 is 0 Å². The number of nitrogens with zero attached hydrogens (tertiary/aromatic N) is 3. The number of benzene rings is 1. The molecule has 4 rings (SSSR count). The maximum Gasteiger partial charge on any atom is 0.239 e. The maximum atomic E-state index is 12.6. The van der Waals surface area contributed by atoms with E-state index in [1.807, 2.05) is 0 Å². The molecule has 0 bridgehead atoms. The Morgan fingerprint density at radius 2 is 2.12 bits per heavy atom. The molecule has 24 heavy (non-hydrogen) atoms. The number of carbonyl (C=O) groups excluding carboxylic acids is 2. The van der Waals surface area contributed by atoms with Crippen LogP contribution in [0.3, 0.4) is 0 Å². The molecule has 1 saturated heterocycles. The number of anilines is 2. The number of hydrogen-bond donors (Lipinski definition) is 2. The molecule has 0 aliphatic carbocycles. The van der Waals surface area contributed by atoms with Crippen LogP contribution in [-0.2, 0) is 9.59 Å². The highest BCUT2D eigenvalue weighted by molar-refractivity contribution is 6.13. The van der Waals surface area contributed by atoms with Crippen molar-refractivity contribution in [3.05, 3.63) is 24.5 Å². The third-order valence-electron chi connectivity index (χ3n) is 4.02. The zero-order chi connectivity index (χ0) is 16.5. The minimum Gasteiger partial charge on any atom is -0.486 e. The van der Waals surface area contributed by atoms with E-state index in [-0.39, 0.29) is 11.9 Å². The molecule has 9 nitrogen and oxygen atoms in total. The first-order valence-electron chi connectivity index (χ1n) is 7.59. The molecule has 2 N–H and O–H groups in total. The molecule has 2 aliphatic heterocycles.